The van der Waals surface area contributed by atoms with Crippen molar-refractivity contribution in [1.29, 1.82) is 0 Å². The number of anilines is 2. The van der Waals surface area contributed by atoms with Gasteiger partial charge in [0.05, 0.1) is 15.7 Å². The van der Waals surface area contributed by atoms with Crippen LogP contribution < -0.4 is 10.2 Å². The largest absolute Gasteiger partial charge is 0.323 e. The minimum atomic E-state index is -0.234. The molecule has 0 aliphatic carbocycles. The fourth-order valence-corrected chi connectivity index (χ4v) is 3.05. The van der Waals surface area contributed by atoms with Gasteiger partial charge < -0.3 is 5.32 Å². The number of hydrogen-bond donors (Lipinski definition) is 1. The first-order chi connectivity index (χ1) is 10.1. The van der Waals surface area contributed by atoms with Crippen LogP contribution in [0, 0.1) is 0 Å². The number of carbonyl (C=O) groups is 2. The Kier molecular flexibility index (Phi) is 3.77. The molecule has 0 spiro atoms. The van der Waals surface area contributed by atoms with E-state index in [-0.39, 0.29) is 18.4 Å². The zero-order chi connectivity index (χ0) is 14.8. The summed E-state index contributed by atoms with van der Waals surface area (Å²) in [5.74, 6) is -0.434. The number of para-hydroxylation sites is 2. The van der Waals surface area contributed by atoms with Crippen LogP contribution in [0.4, 0.5) is 11.4 Å². The number of carbonyl (C=O) groups excluding carboxylic acids is 2. The number of amides is 2. The van der Waals surface area contributed by atoms with Gasteiger partial charge in [-0.1, -0.05) is 23.7 Å². The van der Waals surface area contributed by atoms with Gasteiger partial charge >= 0.3 is 0 Å². The normalized spacial score (nSPS) is 14.1. The molecule has 1 N–H and O–H groups in total. The molecule has 0 atom stereocenters. The first kappa shape index (κ1) is 13.9. The standard InChI is InChI=1S/C15H11ClN2O2S/c16-13-7-5-10(21-13)6-8-15(20)18-9-14(19)17-11-3-1-2-4-12(11)18/h1-8H,9H2,(H,17,19)/b8-6-. The molecule has 1 aromatic heterocycles. The predicted octanol–water partition coefficient (Wildman–Crippen LogP) is 3.40. The van der Waals surface area contributed by atoms with E-state index in [1.165, 1.54) is 22.3 Å². The van der Waals surface area contributed by atoms with E-state index in [1.807, 2.05) is 24.3 Å². The van der Waals surface area contributed by atoms with Crippen LogP contribution in [-0.4, -0.2) is 18.4 Å². The van der Waals surface area contributed by atoms with Gasteiger partial charge in [-0.15, -0.1) is 11.3 Å². The van der Waals surface area contributed by atoms with E-state index in [1.54, 1.807) is 18.2 Å². The van der Waals surface area contributed by atoms with Crippen molar-refractivity contribution in [2.24, 2.45) is 0 Å². The highest BCUT2D eigenvalue weighted by molar-refractivity contribution is 7.17. The Morgan fingerprint density at radius 2 is 2.10 bits per heavy atom. The average Bonchev–Trinajstić information content (AvgIpc) is 2.89. The van der Waals surface area contributed by atoms with Crippen LogP contribution in [0.2, 0.25) is 4.34 Å². The SMILES string of the molecule is O=C1CN(C(=O)/C=C\c2ccc(Cl)s2)c2ccccc2N1. The summed E-state index contributed by atoms with van der Waals surface area (Å²) in [6, 6.07) is 10.8. The molecule has 21 heavy (non-hydrogen) atoms. The molecule has 2 amide bonds. The first-order valence-corrected chi connectivity index (χ1v) is 7.47. The number of rotatable bonds is 2. The predicted molar refractivity (Wildman–Crippen MR) is 85.8 cm³/mol. The Morgan fingerprint density at radius 3 is 2.86 bits per heavy atom. The quantitative estimate of drug-likeness (QED) is 0.863. The van der Waals surface area contributed by atoms with E-state index in [0.29, 0.717) is 15.7 Å². The lowest BCUT2D eigenvalue weighted by Crippen LogP contribution is -2.41. The topological polar surface area (TPSA) is 49.4 Å². The van der Waals surface area contributed by atoms with Crippen molar-refractivity contribution in [1.82, 2.24) is 0 Å². The van der Waals surface area contributed by atoms with Gasteiger partial charge in [0.25, 0.3) is 5.91 Å². The summed E-state index contributed by atoms with van der Waals surface area (Å²) < 4.78 is 0.671. The third-order valence-electron chi connectivity index (χ3n) is 3.02. The molecular weight excluding hydrogens is 308 g/mol. The molecule has 0 fully saturated rings. The molecule has 0 saturated carbocycles. The number of halogens is 1. The van der Waals surface area contributed by atoms with Gasteiger partial charge in [-0.3, -0.25) is 14.5 Å². The monoisotopic (exact) mass is 318 g/mol. The average molecular weight is 319 g/mol. The second-order valence-corrected chi connectivity index (χ2v) is 6.21. The zero-order valence-corrected chi connectivity index (χ0v) is 12.4. The van der Waals surface area contributed by atoms with Crippen molar-refractivity contribution in [3.8, 4) is 0 Å². The number of nitrogens with one attached hydrogen (secondary N) is 1. The number of benzene rings is 1. The number of nitrogens with zero attached hydrogens (tertiary/aromatic N) is 1. The van der Waals surface area contributed by atoms with Crippen molar-refractivity contribution in [2.75, 3.05) is 16.8 Å². The van der Waals surface area contributed by atoms with Crippen LogP contribution in [0.15, 0.2) is 42.5 Å². The molecule has 0 bridgehead atoms. The van der Waals surface area contributed by atoms with E-state index in [9.17, 15) is 9.59 Å². The van der Waals surface area contributed by atoms with Crippen LogP contribution in [-0.2, 0) is 9.59 Å². The Hall–Kier alpha value is -2.11. The van der Waals surface area contributed by atoms with E-state index < -0.39 is 0 Å². The molecule has 2 aromatic rings. The molecular formula is C15H11ClN2O2S. The van der Waals surface area contributed by atoms with Gasteiger partial charge in [0.2, 0.25) is 5.91 Å². The van der Waals surface area contributed by atoms with Crippen LogP contribution in [0.25, 0.3) is 6.08 Å². The second kappa shape index (κ2) is 5.71. The molecule has 1 aliphatic heterocycles. The second-order valence-electron chi connectivity index (χ2n) is 4.46. The molecule has 4 nitrogen and oxygen atoms in total. The smallest absolute Gasteiger partial charge is 0.251 e. The summed E-state index contributed by atoms with van der Waals surface area (Å²) in [4.78, 5) is 26.3. The highest BCUT2D eigenvalue weighted by atomic mass is 35.5. The summed E-state index contributed by atoms with van der Waals surface area (Å²) >= 11 is 7.24. The summed E-state index contributed by atoms with van der Waals surface area (Å²) in [6.07, 6.45) is 3.16. The van der Waals surface area contributed by atoms with Crippen LogP contribution in [0.3, 0.4) is 0 Å². The highest BCUT2D eigenvalue weighted by Crippen LogP contribution is 2.29. The Morgan fingerprint density at radius 1 is 1.29 bits per heavy atom. The van der Waals surface area contributed by atoms with Gasteiger partial charge in [-0.2, -0.15) is 0 Å². The van der Waals surface area contributed by atoms with Crippen molar-refractivity contribution in [2.45, 2.75) is 0 Å². The van der Waals surface area contributed by atoms with Crippen molar-refractivity contribution < 1.29 is 9.59 Å². The molecule has 0 unspecified atom stereocenters. The lowest BCUT2D eigenvalue weighted by molar-refractivity contribution is -0.119. The Balaban J connectivity index is 1.85. The lowest BCUT2D eigenvalue weighted by atomic mass is 10.2. The fourth-order valence-electron chi connectivity index (χ4n) is 2.09. The third-order valence-corrected chi connectivity index (χ3v) is 4.22. The number of hydrogen-bond acceptors (Lipinski definition) is 3. The molecule has 1 aromatic carbocycles. The van der Waals surface area contributed by atoms with Gasteiger partial charge in [0.15, 0.2) is 0 Å². The van der Waals surface area contributed by atoms with E-state index >= 15 is 0 Å². The van der Waals surface area contributed by atoms with E-state index in [2.05, 4.69) is 5.32 Å². The van der Waals surface area contributed by atoms with Crippen molar-refractivity contribution in [3.05, 3.63) is 51.7 Å². The van der Waals surface area contributed by atoms with Gasteiger partial charge in [-0.05, 0) is 30.3 Å². The summed E-state index contributed by atoms with van der Waals surface area (Å²) in [5.41, 5.74) is 1.35. The molecule has 0 saturated heterocycles. The van der Waals surface area contributed by atoms with Crippen molar-refractivity contribution in [3.63, 3.8) is 0 Å². The van der Waals surface area contributed by atoms with Crippen LogP contribution in [0.5, 0.6) is 0 Å². The van der Waals surface area contributed by atoms with Gasteiger partial charge in [0.1, 0.15) is 6.54 Å². The summed E-state index contributed by atoms with van der Waals surface area (Å²) in [7, 11) is 0. The van der Waals surface area contributed by atoms with E-state index in [4.69, 9.17) is 11.6 Å². The maximum atomic E-state index is 12.3. The fraction of sp³-hybridized carbons (Fsp3) is 0.0667. The maximum absolute atomic E-state index is 12.3. The molecule has 1 aliphatic rings. The number of thiophene rings is 1. The van der Waals surface area contributed by atoms with Gasteiger partial charge in [-0.25, -0.2) is 0 Å². The van der Waals surface area contributed by atoms with Crippen LogP contribution >= 0.6 is 22.9 Å². The summed E-state index contributed by atoms with van der Waals surface area (Å²) in [5, 5.41) is 2.75. The summed E-state index contributed by atoms with van der Waals surface area (Å²) in [6.45, 7) is 0.0192. The maximum Gasteiger partial charge on any atom is 0.251 e. The molecule has 6 heteroatoms. The van der Waals surface area contributed by atoms with E-state index in [0.717, 1.165) is 4.88 Å². The Labute approximate surface area is 130 Å². The highest BCUT2D eigenvalue weighted by Gasteiger charge is 2.25. The molecule has 106 valence electrons. The molecule has 0 radical (unpaired) electrons. The minimum absolute atomic E-state index is 0.0192. The minimum Gasteiger partial charge on any atom is -0.323 e. The molecule has 2 heterocycles. The van der Waals surface area contributed by atoms with Crippen LogP contribution in [0.1, 0.15) is 4.88 Å². The number of fused-ring (bicyclic) bond motifs is 1. The zero-order valence-electron chi connectivity index (χ0n) is 10.9. The van der Waals surface area contributed by atoms with Crippen molar-refractivity contribution >= 4 is 52.2 Å². The Bertz CT molecular complexity index is 739. The lowest BCUT2D eigenvalue weighted by Gasteiger charge is -2.28. The first-order valence-electron chi connectivity index (χ1n) is 6.27. The third kappa shape index (κ3) is 2.99. The molecule has 3 rings (SSSR count). The van der Waals surface area contributed by atoms with Gasteiger partial charge in [0, 0.05) is 11.0 Å².